The van der Waals surface area contributed by atoms with Crippen LogP contribution in [0.2, 0.25) is 0 Å². The Morgan fingerprint density at radius 2 is 1.47 bits per heavy atom. The van der Waals surface area contributed by atoms with Gasteiger partial charge < -0.3 is 15.1 Å². The van der Waals surface area contributed by atoms with Gasteiger partial charge >= 0.3 is 0 Å². The number of nitrogens with one attached hydrogen (secondary N) is 1. The van der Waals surface area contributed by atoms with Gasteiger partial charge in [0.15, 0.2) is 0 Å². The van der Waals surface area contributed by atoms with Gasteiger partial charge in [0.05, 0.1) is 0 Å². The number of aryl methyl sites for hydroxylation is 2. The summed E-state index contributed by atoms with van der Waals surface area (Å²) < 4.78 is 1.28. The Labute approximate surface area is 268 Å². The first-order chi connectivity index (χ1) is 20.5. The van der Waals surface area contributed by atoms with Gasteiger partial charge in [0.2, 0.25) is 11.8 Å². The fraction of sp³-hybridized carbons (Fsp3) is 0.429. The summed E-state index contributed by atoms with van der Waals surface area (Å²) in [4.78, 5) is 31.1. The molecule has 0 saturated heterocycles. The first kappa shape index (κ1) is 30.2. The van der Waals surface area contributed by atoms with E-state index < -0.39 is 0 Å². The fourth-order valence-electron chi connectivity index (χ4n) is 6.93. The number of fused-ring (bicyclic) bond motifs is 6. The number of rotatable bonds is 7. The van der Waals surface area contributed by atoms with E-state index in [9.17, 15) is 9.59 Å². The van der Waals surface area contributed by atoms with Crippen LogP contribution in [0.1, 0.15) is 74.1 Å². The molecule has 0 spiro atoms. The van der Waals surface area contributed by atoms with Crippen molar-refractivity contribution >= 4 is 84.3 Å². The normalized spacial score (nSPS) is 18.0. The highest BCUT2D eigenvalue weighted by Gasteiger charge is 2.36. The molecule has 0 aliphatic carbocycles. The third-order valence-corrected chi connectivity index (χ3v) is 10.7. The molecule has 0 fully saturated rings. The third kappa shape index (κ3) is 5.40. The second-order valence-corrected chi connectivity index (χ2v) is 14.6. The van der Waals surface area contributed by atoms with Crippen LogP contribution in [0.15, 0.2) is 41.8 Å². The second kappa shape index (κ2) is 11.6. The highest BCUT2D eigenvalue weighted by Crippen LogP contribution is 2.47. The Bertz CT molecular complexity index is 1740. The van der Waals surface area contributed by atoms with Crippen molar-refractivity contribution in [3.8, 4) is 0 Å². The minimum Gasteiger partial charge on any atom is -0.380 e. The molecule has 2 aliphatic heterocycles. The Morgan fingerprint density at radius 3 is 2.07 bits per heavy atom. The van der Waals surface area contributed by atoms with Crippen molar-refractivity contribution in [1.82, 2.24) is 0 Å². The maximum Gasteiger partial charge on any atom is 0.227 e. The van der Waals surface area contributed by atoms with E-state index in [1.165, 1.54) is 26.8 Å². The van der Waals surface area contributed by atoms with Crippen LogP contribution in [-0.2, 0) is 9.59 Å². The molecular weight excluding hydrogens is 597 g/mol. The average molecular weight is 637 g/mol. The number of alkyl halides is 2. The smallest absolute Gasteiger partial charge is 0.227 e. The quantitative estimate of drug-likeness (QED) is 0.206. The number of hydrogen-bond acceptors (Lipinski definition) is 4. The summed E-state index contributed by atoms with van der Waals surface area (Å²) in [7, 11) is 0. The van der Waals surface area contributed by atoms with Crippen LogP contribution in [0.25, 0.3) is 20.9 Å². The van der Waals surface area contributed by atoms with E-state index in [2.05, 4.69) is 69.6 Å². The molecule has 0 bridgehead atoms. The molecule has 2 atom stereocenters. The van der Waals surface area contributed by atoms with E-state index >= 15 is 0 Å². The van der Waals surface area contributed by atoms with Crippen molar-refractivity contribution in [2.45, 2.75) is 71.3 Å². The number of carbonyl (C=O) groups excluding carboxylic acids is 2. The molecule has 6 rings (SSSR count). The molecule has 226 valence electrons. The lowest BCUT2D eigenvalue weighted by molar-refractivity contribution is -0.119. The van der Waals surface area contributed by atoms with Gasteiger partial charge in [-0.15, -0.1) is 34.5 Å². The molecule has 2 aliphatic rings. The van der Waals surface area contributed by atoms with Crippen molar-refractivity contribution in [2.24, 2.45) is 0 Å². The molecule has 0 unspecified atom stereocenters. The van der Waals surface area contributed by atoms with Gasteiger partial charge in [-0.1, -0.05) is 24.3 Å². The largest absolute Gasteiger partial charge is 0.380 e. The molecule has 5 nitrogen and oxygen atoms in total. The van der Waals surface area contributed by atoms with Gasteiger partial charge in [0, 0.05) is 87.6 Å². The van der Waals surface area contributed by atoms with Crippen molar-refractivity contribution < 1.29 is 9.59 Å². The average Bonchev–Trinajstić information content (AvgIpc) is 3.65. The van der Waals surface area contributed by atoms with E-state index in [1.807, 2.05) is 21.9 Å². The molecule has 2 amide bonds. The van der Waals surface area contributed by atoms with E-state index in [0.29, 0.717) is 44.1 Å². The number of amides is 2. The minimum absolute atomic E-state index is 0.0329. The van der Waals surface area contributed by atoms with Gasteiger partial charge in [-0.2, -0.15) is 0 Å². The lowest BCUT2D eigenvalue weighted by Crippen LogP contribution is -2.32. The number of carbonyl (C=O) groups is 2. The number of hydrogen-bond donors (Lipinski definition) is 1. The number of benzene rings is 3. The zero-order valence-electron chi connectivity index (χ0n) is 25.5. The number of nitrogens with zero attached hydrogens (tertiary/aromatic N) is 2. The summed E-state index contributed by atoms with van der Waals surface area (Å²) in [5.41, 5.74) is 7.55. The molecule has 8 heteroatoms. The number of halogens is 2. The van der Waals surface area contributed by atoms with Gasteiger partial charge in [-0.25, -0.2) is 0 Å². The maximum absolute atomic E-state index is 13.7. The maximum atomic E-state index is 13.7. The van der Waals surface area contributed by atoms with Crippen molar-refractivity contribution in [3.63, 3.8) is 0 Å². The van der Waals surface area contributed by atoms with Gasteiger partial charge in [0.25, 0.3) is 0 Å². The first-order valence-electron chi connectivity index (χ1n) is 15.1. The summed E-state index contributed by atoms with van der Waals surface area (Å²) in [6.07, 6.45) is 1.11. The zero-order chi connectivity index (χ0) is 30.6. The molecule has 43 heavy (non-hydrogen) atoms. The highest BCUT2D eigenvalue weighted by atomic mass is 35.5. The summed E-state index contributed by atoms with van der Waals surface area (Å²) in [5, 5.41) is 9.35. The van der Waals surface area contributed by atoms with Crippen LogP contribution in [-0.4, -0.2) is 42.2 Å². The molecule has 4 aromatic rings. The predicted molar refractivity (Wildman–Crippen MR) is 184 cm³/mol. The second-order valence-electron chi connectivity index (χ2n) is 13.1. The topological polar surface area (TPSA) is 52.7 Å². The summed E-state index contributed by atoms with van der Waals surface area (Å²) in [6.45, 7) is 11.8. The molecule has 1 N–H and O–H groups in total. The molecule has 3 aromatic carbocycles. The first-order valence-corrected chi connectivity index (χ1v) is 17.0. The molecule has 0 saturated carbocycles. The molecule has 1 aromatic heterocycles. The van der Waals surface area contributed by atoms with Gasteiger partial charge in [0.1, 0.15) is 0 Å². The summed E-state index contributed by atoms with van der Waals surface area (Å²) in [6, 6.07) is 12.6. The SMILES string of the molecule is Cc1cc2c(c3c(C)csc13)[C@H](CCl)CN2C(=O)CCCC(=O)N1C[C@@H](CCl)c2c1cc(NC(C)(C)C)c1ccccc21. The lowest BCUT2D eigenvalue weighted by Gasteiger charge is -2.26. The van der Waals surface area contributed by atoms with E-state index in [1.54, 1.807) is 11.3 Å². The Morgan fingerprint density at radius 1 is 0.884 bits per heavy atom. The van der Waals surface area contributed by atoms with Crippen LogP contribution in [0.3, 0.4) is 0 Å². The van der Waals surface area contributed by atoms with Crippen LogP contribution in [0.5, 0.6) is 0 Å². The summed E-state index contributed by atoms with van der Waals surface area (Å²) >= 11 is 14.7. The van der Waals surface area contributed by atoms with Crippen LogP contribution in [0, 0.1) is 13.8 Å². The molecule has 3 heterocycles. The lowest BCUT2D eigenvalue weighted by atomic mass is 9.94. The Balaban J connectivity index is 1.21. The standard InChI is InChI=1S/C35H39Cl2N3O2S/c1-20-13-27-33(31-21(2)19-43-34(20)31)23(16-37)18-39(27)29(41)11-8-12-30(42)40-17-22(15-36)32-25-10-7-6-9-24(25)26(14-28(32)40)38-35(3,4)5/h6-7,9-10,13-14,19,22-23,38H,8,11-12,15-18H2,1-5H3/t22-,23-/m1/s1. The monoisotopic (exact) mass is 635 g/mol. The highest BCUT2D eigenvalue weighted by molar-refractivity contribution is 7.17. The molecule has 0 radical (unpaired) electrons. The van der Waals surface area contributed by atoms with Crippen LogP contribution >= 0.6 is 34.5 Å². The number of thiophene rings is 1. The molecular formula is C35H39Cl2N3O2S. The minimum atomic E-state index is -0.139. The van der Waals surface area contributed by atoms with Gasteiger partial charge in [-0.05, 0) is 86.2 Å². The Hall–Kier alpha value is -2.80. The van der Waals surface area contributed by atoms with Gasteiger partial charge in [-0.3, -0.25) is 9.59 Å². The number of anilines is 3. The summed E-state index contributed by atoms with van der Waals surface area (Å²) in [5.74, 6) is 1.17. The van der Waals surface area contributed by atoms with E-state index in [-0.39, 0.29) is 29.2 Å². The van der Waals surface area contributed by atoms with Crippen LogP contribution < -0.4 is 15.1 Å². The fourth-order valence-corrected chi connectivity index (χ4v) is 8.48. The predicted octanol–water partition coefficient (Wildman–Crippen LogP) is 9.09. The van der Waals surface area contributed by atoms with Crippen molar-refractivity contribution in [3.05, 3.63) is 64.0 Å². The van der Waals surface area contributed by atoms with Crippen molar-refractivity contribution in [1.29, 1.82) is 0 Å². The Kier molecular flexibility index (Phi) is 8.16. The zero-order valence-corrected chi connectivity index (χ0v) is 27.8. The van der Waals surface area contributed by atoms with Crippen LogP contribution in [0.4, 0.5) is 17.1 Å². The van der Waals surface area contributed by atoms with E-state index in [4.69, 9.17) is 23.2 Å². The van der Waals surface area contributed by atoms with E-state index in [0.717, 1.165) is 33.4 Å². The van der Waals surface area contributed by atoms with Crippen molar-refractivity contribution in [2.75, 3.05) is 40.0 Å². The third-order valence-electron chi connectivity index (χ3n) is 8.77.